The van der Waals surface area contributed by atoms with Crippen molar-refractivity contribution in [3.8, 4) is 11.5 Å². The quantitative estimate of drug-likeness (QED) is 0.883. The lowest BCUT2D eigenvalue weighted by molar-refractivity contribution is -0.140. The minimum absolute atomic E-state index is 0.272. The van der Waals surface area contributed by atoms with E-state index in [0.29, 0.717) is 15.8 Å². The number of ether oxygens (including phenoxy) is 2. The van der Waals surface area contributed by atoms with Gasteiger partial charge in [-0.1, -0.05) is 0 Å². The van der Waals surface area contributed by atoms with E-state index in [2.05, 4.69) is 15.9 Å². The predicted octanol–water partition coefficient (Wildman–Crippen LogP) is 3.84. The topological polar surface area (TPSA) is 38.7 Å². The van der Waals surface area contributed by atoms with E-state index in [0.717, 1.165) is 0 Å². The Morgan fingerprint density at radius 2 is 1.89 bits per heavy atom. The molecule has 1 aromatic carbocycles. The lowest BCUT2D eigenvalue weighted by Crippen LogP contribution is -2.10. The van der Waals surface area contributed by atoms with Crippen LogP contribution in [0.15, 0.2) is 16.6 Å². The van der Waals surface area contributed by atoms with Crippen molar-refractivity contribution in [1.82, 2.24) is 0 Å². The van der Waals surface area contributed by atoms with E-state index >= 15 is 0 Å². The van der Waals surface area contributed by atoms with Gasteiger partial charge in [0.15, 0.2) is 0 Å². The molecule has 0 aliphatic heterocycles. The second-order valence-corrected chi connectivity index (χ2v) is 4.67. The van der Waals surface area contributed by atoms with Crippen LogP contribution in [0.4, 0.5) is 13.2 Å². The van der Waals surface area contributed by atoms with E-state index in [1.54, 1.807) is 6.07 Å². The van der Waals surface area contributed by atoms with Crippen LogP contribution in [0.2, 0.25) is 0 Å². The van der Waals surface area contributed by atoms with E-state index in [4.69, 9.17) is 9.47 Å². The summed E-state index contributed by atoms with van der Waals surface area (Å²) in [5.74, 6) is 0.748. The molecule has 108 valence electrons. The van der Waals surface area contributed by atoms with E-state index < -0.39 is 25.1 Å². The highest BCUT2D eigenvalue weighted by atomic mass is 79.9. The number of rotatable bonds is 5. The molecule has 3 nitrogen and oxygen atoms in total. The van der Waals surface area contributed by atoms with Crippen LogP contribution < -0.4 is 9.47 Å². The highest BCUT2D eigenvalue weighted by molar-refractivity contribution is 9.10. The zero-order chi connectivity index (χ0) is 14.6. The molecule has 0 saturated carbocycles. The van der Waals surface area contributed by atoms with Crippen LogP contribution in [0.3, 0.4) is 0 Å². The third-order valence-electron chi connectivity index (χ3n) is 2.58. The summed E-state index contributed by atoms with van der Waals surface area (Å²) in [5, 5.41) is 9.84. The maximum Gasteiger partial charge on any atom is 0.389 e. The van der Waals surface area contributed by atoms with E-state index in [-0.39, 0.29) is 5.75 Å². The highest BCUT2D eigenvalue weighted by Crippen LogP contribution is 2.41. The summed E-state index contributed by atoms with van der Waals surface area (Å²) in [6.07, 6.45) is -7.02. The van der Waals surface area contributed by atoms with Crippen molar-refractivity contribution in [2.24, 2.45) is 0 Å². The largest absolute Gasteiger partial charge is 0.495 e. The van der Waals surface area contributed by atoms with Gasteiger partial charge >= 0.3 is 6.18 Å². The van der Waals surface area contributed by atoms with Gasteiger partial charge in [0, 0.05) is 12.0 Å². The number of methoxy groups -OCH3 is 2. The van der Waals surface area contributed by atoms with Gasteiger partial charge in [0.2, 0.25) is 0 Å². The monoisotopic (exact) mass is 342 g/mol. The van der Waals surface area contributed by atoms with Crippen molar-refractivity contribution in [3.05, 3.63) is 22.2 Å². The molecule has 1 rings (SSSR count). The van der Waals surface area contributed by atoms with Crippen LogP contribution in [0.25, 0.3) is 0 Å². The van der Waals surface area contributed by atoms with Gasteiger partial charge in [0.25, 0.3) is 0 Å². The fraction of sp³-hybridized carbons (Fsp3) is 0.500. The fourth-order valence-electron chi connectivity index (χ4n) is 1.64. The normalized spacial score (nSPS) is 13.2. The summed E-state index contributed by atoms with van der Waals surface area (Å²) in [5.41, 5.74) is 0.291. The SMILES string of the molecule is COc1ccc(C(O)CCC(F)(F)F)c(OC)c1Br. The molecular weight excluding hydrogens is 329 g/mol. The first-order valence-corrected chi connectivity index (χ1v) is 6.24. The molecule has 1 aromatic rings. The van der Waals surface area contributed by atoms with Gasteiger partial charge in [0.05, 0.1) is 20.3 Å². The summed E-state index contributed by atoms with van der Waals surface area (Å²) in [6.45, 7) is 0. The lowest BCUT2D eigenvalue weighted by atomic mass is 10.0. The van der Waals surface area contributed by atoms with Crippen LogP contribution in [0.5, 0.6) is 11.5 Å². The first-order valence-electron chi connectivity index (χ1n) is 5.45. The van der Waals surface area contributed by atoms with Crippen molar-refractivity contribution in [2.75, 3.05) is 14.2 Å². The second-order valence-electron chi connectivity index (χ2n) is 3.87. The van der Waals surface area contributed by atoms with Gasteiger partial charge in [-0.3, -0.25) is 0 Å². The highest BCUT2D eigenvalue weighted by Gasteiger charge is 2.29. The lowest BCUT2D eigenvalue weighted by Gasteiger charge is -2.18. The van der Waals surface area contributed by atoms with Crippen molar-refractivity contribution >= 4 is 15.9 Å². The molecule has 0 spiro atoms. The van der Waals surface area contributed by atoms with Crippen LogP contribution in [-0.2, 0) is 0 Å². The second kappa shape index (κ2) is 6.47. The van der Waals surface area contributed by atoms with Crippen molar-refractivity contribution < 1.29 is 27.8 Å². The average Bonchev–Trinajstić information content (AvgIpc) is 2.34. The molecule has 19 heavy (non-hydrogen) atoms. The standard InChI is InChI=1S/C12H14BrF3O3/c1-18-9-4-3-7(11(19-2)10(9)13)8(17)5-6-12(14,15)16/h3-4,8,17H,5-6H2,1-2H3. The van der Waals surface area contributed by atoms with Gasteiger partial charge in [-0.25, -0.2) is 0 Å². The zero-order valence-corrected chi connectivity index (χ0v) is 12.0. The van der Waals surface area contributed by atoms with Gasteiger partial charge in [0.1, 0.15) is 16.0 Å². The molecule has 1 atom stereocenters. The van der Waals surface area contributed by atoms with E-state index in [9.17, 15) is 18.3 Å². The molecule has 7 heteroatoms. The number of aliphatic hydroxyl groups excluding tert-OH is 1. The Kier molecular flexibility index (Phi) is 5.49. The molecule has 0 amide bonds. The van der Waals surface area contributed by atoms with Crippen LogP contribution in [0, 0.1) is 0 Å². The smallest absolute Gasteiger partial charge is 0.389 e. The summed E-state index contributed by atoms with van der Waals surface area (Å²) in [7, 11) is 2.83. The van der Waals surface area contributed by atoms with Crippen LogP contribution >= 0.6 is 15.9 Å². The molecule has 0 aliphatic rings. The van der Waals surface area contributed by atoms with Gasteiger partial charge < -0.3 is 14.6 Å². The zero-order valence-electron chi connectivity index (χ0n) is 10.4. The molecule has 0 saturated heterocycles. The van der Waals surface area contributed by atoms with Crippen molar-refractivity contribution in [3.63, 3.8) is 0 Å². The Labute approximate surface area is 117 Å². The van der Waals surface area contributed by atoms with Gasteiger partial charge in [-0.2, -0.15) is 13.2 Å². The van der Waals surface area contributed by atoms with Crippen LogP contribution in [-0.4, -0.2) is 25.5 Å². The Morgan fingerprint density at radius 1 is 1.26 bits per heavy atom. The van der Waals surface area contributed by atoms with E-state index in [1.165, 1.54) is 20.3 Å². The molecule has 1 unspecified atom stereocenters. The van der Waals surface area contributed by atoms with Gasteiger partial charge in [-0.15, -0.1) is 0 Å². The minimum atomic E-state index is -4.29. The third-order valence-corrected chi connectivity index (χ3v) is 3.33. The molecule has 0 aliphatic carbocycles. The Morgan fingerprint density at radius 3 is 2.37 bits per heavy atom. The number of benzene rings is 1. The summed E-state index contributed by atoms with van der Waals surface area (Å²) in [4.78, 5) is 0. The number of alkyl halides is 3. The van der Waals surface area contributed by atoms with Crippen molar-refractivity contribution in [1.29, 1.82) is 0 Å². The molecule has 0 aromatic heterocycles. The molecule has 0 radical (unpaired) electrons. The molecular formula is C12H14BrF3O3. The maximum atomic E-state index is 12.1. The molecule has 0 fully saturated rings. The number of halogens is 4. The Balaban J connectivity index is 2.97. The third kappa shape index (κ3) is 4.28. The maximum absolute atomic E-state index is 12.1. The first-order chi connectivity index (χ1) is 8.80. The molecule has 1 N–H and O–H groups in total. The predicted molar refractivity (Wildman–Crippen MR) is 67.5 cm³/mol. The average molecular weight is 343 g/mol. The molecule has 0 bridgehead atoms. The Bertz CT molecular complexity index is 435. The first kappa shape index (κ1) is 16.1. The number of aliphatic hydroxyl groups is 1. The summed E-state index contributed by atoms with van der Waals surface area (Å²) < 4.78 is 47.0. The number of hydrogen-bond donors (Lipinski definition) is 1. The van der Waals surface area contributed by atoms with Crippen LogP contribution in [0.1, 0.15) is 24.5 Å². The summed E-state index contributed by atoms with van der Waals surface area (Å²) >= 11 is 3.23. The minimum Gasteiger partial charge on any atom is -0.495 e. The number of hydrogen-bond acceptors (Lipinski definition) is 3. The summed E-state index contributed by atoms with van der Waals surface area (Å²) in [6, 6.07) is 3.04. The fourth-order valence-corrected chi connectivity index (χ4v) is 2.32. The van der Waals surface area contributed by atoms with E-state index in [1.807, 2.05) is 0 Å². The Hall–Kier alpha value is -0.950. The van der Waals surface area contributed by atoms with Gasteiger partial charge in [-0.05, 0) is 34.5 Å². The molecule has 0 heterocycles. The van der Waals surface area contributed by atoms with Crippen molar-refractivity contribution in [2.45, 2.75) is 25.1 Å².